The standard InChI is InChI=1S/C16H27N5O3/c1-3-23-15(22)5-4-7-18-16(17-2)21-10-8-20(9-11-21)13-14-6-12-24-19-14/h6,12H,3-5,7-11,13H2,1-2H3,(H,17,18). The van der Waals surface area contributed by atoms with Gasteiger partial charge in [-0.05, 0) is 13.3 Å². The molecule has 1 N–H and O–H groups in total. The van der Waals surface area contributed by atoms with Gasteiger partial charge in [-0.15, -0.1) is 0 Å². The number of esters is 1. The lowest BCUT2D eigenvalue weighted by atomic mass is 10.3. The third-order valence-electron chi connectivity index (χ3n) is 3.91. The molecule has 1 aliphatic rings. The largest absolute Gasteiger partial charge is 0.466 e. The van der Waals surface area contributed by atoms with Gasteiger partial charge in [-0.2, -0.15) is 0 Å². The molecule has 0 aliphatic carbocycles. The van der Waals surface area contributed by atoms with E-state index in [9.17, 15) is 4.79 Å². The van der Waals surface area contributed by atoms with E-state index in [0.717, 1.165) is 50.8 Å². The van der Waals surface area contributed by atoms with E-state index in [-0.39, 0.29) is 5.97 Å². The van der Waals surface area contributed by atoms with Gasteiger partial charge in [0, 0.05) is 58.8 Å². The molecule has 1 saturated heterocycles. The van der Waals surface area contributed by atoms with Gasteiger partial charge in [0.2, 0.25) is 0 Å². The number of aliphatic imine (C=N–C) groups is 1. The monoisotopic (exact) mass is 337 g/mol. The molecule has 24 heavy (non-hydrogen) atoms. The predicted molar refractivity (Wildman–Crippen MR) is 90.6 cm³/mol. The molecule has 8 nitrogen and oxygen atoms in total. The van der Waals surface area contributed by atoms with E-state index in [4.69, 9.17) is 9.26 Å². The summed E-state index contributed by atoms with van der Waals surface area (Å²) < 4.78 is 9.79. The van der Waals surface area contributed by atoms with Crippen molar-refractivity contribution in [3.05, 3.63) is 18.0 Å². The average Bonchev–Trinajstić information content (AvgIpc) is 3.09. The number of piperazine rings is 1. The Bertz CT molecular complexity index is 510. The quantitative estimate of drug-likeness (QED) is 0.339. The predicted octanol–water partition coefficient (Wildman–Crippen LogP) is 0.711. The fraction of sp³-hybridized carbons (Fsp3) is 0.688. The molecule has 0 spiro atoms. The maximum Gasteiger partial charge on any atom is 0.305 e. The minimum Gasteiger partial charge on any atom is -0.466 e. The minimum atomic E-state index is -0.143. The molecule has 8 heteroatoms. The van der Waals surface area contributed by atoms with E-state index in [1.807, 2.05) is 13.0 Å². The first-order valence-electron chi connectivity index (χ1n) is 8.45. The van der Waals surface area contributed by atoms with Crippen LogP contribution in [0.25, 0.3) is 0 Å². The smallest absolute Gasteiger partial charge is 0.305 e. The van der Waals surface area contributed by atoms with Gasteiger partial charge in [-0.25, -0.2) is 0 Å². The summed E-state index contributed by atoms with van der Waals surface area (Å²) in [5.74, 6) is 0.746. The third-order valence-corrected chi connectivity index (χ3v) is 3.91. The van der Waals surface area contributed by atoms with E-state index in [2.05, 4.69) is 25.3 Å². The highest BCUT2D eigenvalue weighted by Gasteiger charge is 2.20. The van der Waals surface area contributed by atoms with Gasteiger partial charge >= 0.3 is 5.97 Å². The van der Waals surface area contributed by atoms with E-state index in [1.54, 1.807) is 13.3 Å². The van der Waals surface area contributed by atoms with Crippen LogP contribution in [0, 0.1) is 0 Å². The highest BCUT2D eigenvalue weighted by molar-refractivity contribution is 5.80. The van der Waals surface area contributed by atoms with Crippen LogP contribution in [0.3, 0.4) is 0 Å². The first-order chi connectivity index (χ1) is 11.7. The summed E-state index contributed by atoms with van der Waals surface area (Å²) in [5, 5.41) is 7.27. The molecule has 0 unspecified atom stereocenters. The number of ether oxygens (including phenoxy) is 1. The Kier molecular flexibility index (Phi) is 7.54. The summed E-state index contributed by atoms with van der Waals surface area (Å²) >= 11 is 0. The number of aromatic nitrogens is 1. The van der Waals surface area contributed by atoms with Crippen molar-refractivity contribution in [2.75, 3.05) is 46.4 Å². The molecule has 0 saturated carbocycles. The summed E-state index contributed by atoms with van der Waals surface area (Å²) in [4.78, 5) is 20.2. The van der Waals surface area contributed by atoms with Crippen LogP contribution < -0.4 is 5.32 Å². The molecule has 134 valence electrons. The average molecular weight is 337 g/mol. The first-order valence-corrected chi connectivity index (χ1v) is 8.45. The minimum absolute atomic E-state index is 0.143. The number of nitrogens with one attached hydrogen (secondary N) is 1. The van der Waals surface area contributed by atoms with E-state index < -0.39 is 0 Å². The number of guanidine groups is 1. The lowest BCUT2D eigenvalue weighted by Gasteiger charge is -2.36. The van der Waals surface area contributed by atoms with Crippen molar-refractivity contribution in [2.24, 2.45) is 4.99 Å². The fourth-order valence-electron chi connectivity index (χ4n) is 2.66. The first kappa shape index (κ1) is 18.3. The highest BCUT2D eigenvalue weighted by atomic mass is 16.5. The van der Waals surface area contributed by atoms with E-state index in [0.29, 0.717) is 19.6 Å². The maximum atomic E-state index is 11.3. The normalized spacial score (nSPS) is 16.2. The van der Waals surface area contributed by atoms with Crippen LogP contribution >= 0.6 is 0 Å². The second-order valence-corrected chi connectivity index (χ2v) is 5.64. The molecule has 1 aromatic heterocycles. The van der Waals surface area contributed by atoms with E-state index in [1.165, 1.54) is 0 Å². The Hall–Kier alpha value is -2.09. The van der Waals surface area contributed by atoms with Crippen LogP contribution in [0.1, 0.15) is 25.5 Å². The van der Waals surface area contributed by atoms with Crippen LogP contribution in [0.15, 0.2) is 21.8 Å². The third kappa shape index (κ3) is 5.84. The Morgan fingerprint density at radius 2 is 2.21 bits per heavy atom. The molecule has 0 atom stereocenters. The summed E-state index contributed by atoms with van der Waals surface area (Å²) in [5.41, 5.74) is 0.963. The van der Waals surface area contributed by atoms with E-state index >= 15 is 0 Å². The second-order valence-electron chi connectivity index (χ2n) is 5.64. The number of carbonyl (C=O) groups excluding carboxylic acids is 1. The molecular formula is C16H27N5O3. The van der Waals surface area contributed by atoms with Crippen LogP contribution in [-0.2, 0) is 16.1 Å². The number of rotatable bonds is 7. The summed E-state index contributed by atoms with van der Waals surface area (Å²) in [6.07, 6.45) is 2.78. The Morgan fingerprint density at radius 1 is 1.42 bits per heavy atom. The zero-order valence-electron chi connectivity index (χ0n) is 14.5. The lowest BCUT2D eigenvalue weighted by Crippen LogP contribution is -2.52. The second kappa shape index (κ2) is 9.92. The van der Waals surface area contributed by atoms with Crippen molar-refractivity contribution in [1.29, 1.82) is 0 Å². The Morgan fingerprint density at radius 3 is 2.83 bits per heavy atom. The van der Waals surface area contributed by atoms with Gasteiger partial charge < -0.3 is 19.5 Å². The summed E-state index contributed by atoms with van der Waals surface area (Å²) in [6.45, 7) is 7.52. The highest BCUT2D eigenvalue weighted by Crippen LogP contribution is 2.07. The molecule has 1 fully saturated rings. The van der Waals surface area contributed by atoms with Gasteiger partial charge in [0.25, 0.3) is 0 Å². The van der Waals surface area contributed by atoms with Crippen molar-refractivity contribution in [3.63, 3.8) is 0 Å². The SMILES string of the molecule is CCOC(=O)CCCNC(=NC)N1CCN(Cc2ccon2)CC1. The number of nitrogens with zero attached hydrogens (tertiary/aromatic N) is 4. The van der Waals surface area contributed by atoms with Crippen LogP contribution in [0.2, 0.25) is 0 Å². The summed E-state index contributed by atoms with van der Waals surface area (Å²) in [6, 6.07) is 1.90. The van der Waals surface area contributed by atoms with Crippen molar-refractivity contribution in [2.45, 2.75) is 26.3 Å². The van der Waals surface area contributed by atoms with Crippen LogP contribution in [-0.4, -0.2) is 73.3 Å². The Balaban J connectivity index is 1.66. The van der Waals surface area contributed by atoms with Gasteiger partial charge in [-0.1, -0.05) is 5.16 Å². The molecule has 2 heterocycles. The van der Waals surface area contributed by atoms with Gasteiger partial charge in [0.1, 0.15) is 6.26 Å². The molecule has 2 rings (SSSR count). The van der Waals surface area contributed by atoms with Crippen molar-refractivity contribution >= 4 is 11.9 Å². The van der Waals surface area contributed by atoms with Gasteiger partial charge in [0.05, 0.1) is 12.3 Å². The molecule has 0 radical (unpaired) electrons. The summed E-state index contributed by atoms with van der Waals surface area (Å²) in [7, 11) is 1.79. The number of hydrogen-bond donors (Lipinski definition) is 1. The molecule has 0 amide bonds. The molecule has 0 aromatic carbocycles. The van der Waals surface area contributed by atoms with Crippen molar-refractivity contribution in [1.82, 2.24) is 20.3 Å². The van der Waals surface area contributed by atoms with Crippen LogP contribution in [0.4, 0.5) is 0 Å². The van der Waals surface area contributed by atoms with Crippen LogP contribution in [0.5, 0.6) is 0 Å². The molecule has 0 bridgehead atoms. The molecular weight excluding hydrogens is 310 g/mol. The zero-order valence-corrected chi connectivity index (χ0v) is 14.5. The van der Waals surface area contributed by atoms with Crippen molar-refractivity contribution in [3.8, 4) is 0 Å². The topological polar surface area (TPSA) is 83.2 Å². The Labute approximate surface area is 142 Å². The lowest BCUT2D eigenvalue weighted by molar-refractivity contribution is -0.143. The fourth-order valence-corrected chi connectivity index (χ4v) is 2.66. The van der Waals surface area contributed by atoms with Gasteiger partial charge in [0.15, 0.2) is 5.96 Å². The van der Waals surface area contributed by atoms with Gasteiger partial charge in [-0.3, -0.25) is 14.7 Å². The maximum absolute atomic E-state index is 11.3. The zero-order chi connectivity index (χ0) is 17.2. The molecule has 1 aromatic rings. The van der Waals surface area contributed by atoms with Crippen molar-refractivity contribution < 1.29 is 14.1 Å². The molecule has 1 aliphatic heterocycles. The number of hydrogen-bond acceptors (Lipinski definition) is 6. The number of carbonyl (C=O) groups is 1.